The first-order valence-electron chi connectivity index (χ1n) is 10.2. The van der Waals surface area contributed by atoms with Gasteiger partial charge in [-0.2, -0.15) is 0 Å². The summed E-state index contributed by atoms with van der Waals surface area (Å²) in [6.45, 7) is 5.58. The molecule has 0 saturated carbocycles. The summed E-state index contributed by atoms with van der Waals surface area (Å²) in [6.07, 6.45) is 0.926. The van der Waals surface area contributed by atoms with Crippen molar-refractivity contribution in [2.45, 2.75) is 39.0 Å². The summed E-state index contributed by atoms with van der Waals surface area (Å²) >= 11 is 0. The number of benzene rings is 2. The Morgan fingerprint density at radius 2 is 1.70 bits per heavy atom. The fraction of sp³-hybridized carbons (Fsp3) is 0.240. The van der Waals surface area contributed by atoms with Gasteiger partial charge in [0, 0.05) is 11.8 Å². The van der Waals surface area contributed by atoms with Crippen molar-refractivity contribution >= 4 is 30.1 Å². The second-order valence-electron chi connectivity index (χ2n) is 8.35. The number of nitrogens with two attached hydrogens (primary N) is 1. The van der Waals surface area contributed by atoms with Gasteiger partial charge in [-0.25, -0.2) is 14.2 Å². The van der Waals surface area contributed by atoms with E-state index < -0.39 is 23.6 Å². The van der Waals surface area contributed by atoms with Crippen molar-refractivity contribution < 1.29 is 18.7 Å². The number of ketones is 1. The molecule has 0 aliphatic rings. The molecule has 1 unspecified atom stereocenters. The zero-order valence-electron chi connectivity index (χ0n) is 18.7. The molecule has 2 aromatic carbocycles. The highest BCUT2D eigenvalue weighted by Gasteiger charge is 2.26. The standard InChI is InChI=1S/C25H26FN3O3.ClH/c1-25(2,3)32-24(31)29(16-17-7-5-4-6-8-17)21-15-19(13-14-28-21)22(27)23(30)18-9-11-20(26)12-10-18;/h4-15,22H,16,27H2,1-3H3;1H. The Bertz CT molecular complexity index is 1090. The maximum atomic E-state index is 13.2. The number of nitrogens with zero attached hydrogens (tertiary/aromatic N) is 2. The molecule has 0 aliphatic carbocycles. The SMILES string of the molecule is CC(C)(C)OC(=O)N(Cc1ccccc1)c1cc(C(N)C(=O)c2ccc(F)cc2)ccn1.Cl. The van der Waals surface area contributed by atoms with Crippen molar-refractivity contribution in [2.24, 2.45) is 5.73 Å². The van der Waals surface area contributed by atoms with Crippen LogP contribution in [-0.2, 0) is 11.3 Å². The Labute approximate surface area is 199 Å². The number of pyridine rings is 1. The lowest BCUT2D eigenvalue weighted by Crippen LogP contribution is -2.37. The number of hydrogen-bond donors (Lipinski definition) is 1. The predicted octanol–water partition coefficient (Wildman–Crippen LogP) is 5.47. The van der Waals surface area contributed by atoms with Crippen molar-refractivity contribution in [1.82, 2.24) is 4.98 Å². The number of rotatable bonds is 6. The van der Waals surface area contributed by atoms with E-state index >= 15 is 0 Å². The highest BCUT2D eigenvalue weighted by atomic mass is 35.5. The molecule has 0 aliphatic heterocycles. The van der Waals surface area contributed by atoms with Crippen molar-refractivity contribution in [2.75, 3.05) is 4.90 Å². The predicted molar refractivity (Wildman–Crippen MR) is 128 cm³/mol. The summed E-state index contributed by atoms with van der Waals surface area (Å²) in [5.74, 6) is -0.493. The van der Waals surface area contributed by atoms with Crippen LogP contribution in [0.3, 0.4) is 0 Å². The van der Waals surface area contributed by atoms with E-state index in [9.17, 15) is 14.0 Å². The van der Waals surface area contributed by atoms with Crippen LogP contribution in [0.1, 0.15) is 48.3 Å². The number of anilines is 1. The molecule has 2 N–H and O–H groups in total. The Morgan fingerprint density at radius 1 is 1.06 bits per heavy atom. The lowest BCUT2D eigenvalue weighted by atomic mass is 9.99. The third-order valence-electron chi connectivity index (χ3n) is 4.61. The van der Waals surface area contributed by atoms with E-state index in [1.807, 2.05) is 30.3 Å². The van der Waals surface area contributed by atoms with E-state index in [2.05, 4.69) is 4.98 Å². The van der Waals surface area contributed by atoms with Gasteiger partial charge >= 0.3 is 6.09 Å². The van der Waals surface area contributed by atoms with Crippen LogP contribution in [0.25, 0.3) is 0 Å². The summed E-state index contributed by atoms with van der Waals surface area (Å²) in [5.41, 5.74) is 7.17. The molecule has 3 aromatic rings. The second-order valence-corrected chi connectivity index (χ2v) is 8.35. The Kier molecular flexibility index (Phi) is 8.68. The van der Waals surface area contributed by atoms with Gasteiger partial charge in [-0.05, 0) is 68.3 Å². The van der Waals surface area contributed by atoms with Gasteiger partial charge in [0.05, 0.1) is 12.6 Å². The smallest absolute Gasteiger partial charge is 0.416 e. The molecular weight excluding hydrogens is 445 g/mol. The van der Waals surface area contributed by atoms with Crippen LogP contribution in [0, 0.1) is 5.82 Å². The number of ether oxygens (including phenoxy) is 1. The Balaban J connectivity index is 0.00000385. The van der Waals surface area contributed by atoms with Crippen molar-refractivity contribution in [3.8, 4) is 0 Å². The summed E-state index contributed by atoms with van der Waals surface area (Å²) < 4.78 is 18.8. The van der Waals surface area contributed by atoms with Gasteiger partial charge in [0.1, 0.15) is 17.2 Å². The van der Waals surface area contributed by atoms with E-state index in [4.69, 9.17) is 10.5 Å². The maximum Gasteiger partial charge on any atom is 0.416 e. The number of hydrogen-bond acceptors (Lipinski definition) is 5. The lowest BCUT2D eigenvalue weighted by Gasteiger charge is -2.27. The molecule has 1 amide bonds. The average Bonchev–Trinajstić information content (AvgIpc) is 2.76. The van der Waals surface area contributed by atoms with Crippen LogP contribution in [0.15, 0.2) is 72.9 Å². The Morgan fingerprint density at radius 3 is 2.30 bits per heavy atom. The number of Topliss-reactive ketones (excluding diaryl/α,β-unsaturated/α-hetero) is 1. The zero-order valence-corrected chi connectivity index (χ0v) is 19.5. The van der Waals surface area contributed by atoms with E-state index in [1.54, 1.807) is 32.9 Å². The molecule has 0 fully saturated rings. The summed E-state index contributed by atoms with van der Waals surface area (Å²) in [7, 11) is 0. The summed E-state index contributed by atoms with van der Waals surface area (Å²) in [6, 6.07) is 16.8. The molecule has 174 valence electrons. The van der Waals surface area contributed by atoms with Crippen LogP contribution in [-0.4, -0.2) is 22.5 Å². The number of amides is 1. The lowest BCUT2D eigenvalue weighted by molar-refractivity contribution is 0.0576. The molecule has 0 saturated heterocycles. The molecule has 0 bridgehead atoms. The molecule has 6 nitrogen and oxygen atoms in total. The number of carbonyl (C=O) groups excluding carboxylic acids is 2. The third kappa shape index (κ3) is 7.10. The topological polar surface area (TPSA) is 85.5 Å². The van der Waals surface area contributed by atoms with Crippen molar-refractivity contribution in [3.63, 3.8) is 0 Å². The molecule has 1 atom stereocenters. The number of halogens is 2. The largest absolute Gasteiger partial charge is 0.443 e. The Hall–Kier alpha value is -3.29. The third-order valence-corrected chi connectivity index (χ3v) is 4.61. The van der Waals surface area contributed by atoms with E-state index in [1.165, 1.54) is 35.4 Å². The van der Waals surface area contributed by atoms with Crippen molar-refractivity contribution in [3.05, 3.63) is 95.4 Å². The normalized spacial score (nSPS) is 11.8. The summed E-state index contributed by atoms with van der Waals surface area (Å²) in [4.78, 5) is 31.5. The average molecular weight is 472 g/mol. The molecule has 1 heterocycles. The first-order chi connectivity index (χ1) is 15.1. The first-order valence-corrected chi connectivity index (χ1v) is 10.2. The monoisotopic (exact) mass is 471 g/mol. The molecule has 0 spiro atoms. The van der Waals surface area contributed by atoms with Crippen molar-refractivity contribution in [1.29, 1.82) is 0 Å². The minimum absolute atomic E-state index is 0. The van der Waals surface area contributed by atoms with Crippen LogP contribution in [0.5, 0.6) is 0 Å². The van der Waals surface area contributed by atoms with Gasteiger partial charge in [-0.1, -0.05) is 30.3 Å². The summed E-state index contributed by atoms with van der Waals surface area (Å²) in [5, 5.41) is 0. The van der Waals surface area contributed by atoms with Crippen LogP contribution in [0.4, 0.5) is 15.0 Å². The van der Waals surface area contributed by atoms with Gasteiger partial charge in [0.2, 0.25) is 0 Å². The van der Waals surface area contributed by atoms with Gasteiger partial charge in [-0.3, -0.25) is 9.69 Å². The van der Waals surface area contributed by atoms with Gasteiger partial charge in [0.25, 0.3) is 0 Å². The molecule has 33 heavy (non-hydrogen) atoms. The zero-order chi connectivity index (χ0) is 23.3. The molecular formula is C25H27ClFN3O3. The molecule has 3 rings (SSSR count). The molecule has 1 aromatic heterocycles. The second kappa shape index (κ2) is 11.0. The minimum atomic E-state index is -1.00. The first kappa shape index (κ1) is 26.0. The van der Waals surface area contributed by atoms with Crippen LogP contribution in [0.2, 0.25) is 0 Å². The highest BCUT2D eigenvalue weighted by molar-refractivity contribution is 6.00. The quantitative estimate of drug-likeness (QED) is 0.482. The minimum Gasteiger partial charge on any atom is -0.443 e. The van der Waals surface area contributed by atoms with Gasteiger partial charge in [-0.15, -0.1) is 12.4 Å². The van der Waals surface area contributed by atoms with E-state index in [0.717, 1.165) is 5.56 Å². The van der Waals surface area contributed by atoms with E-state index in [0.29, 0.717) is 16.9 Å². The van der Waals surface area contributed by atoms with Gasteiger partial charge < -0.3 is 10.5 Å². The number of carbonyl (C=O) groups is 2. The maximum absolute atomic E-state index is 13.2. The van der Waals surface area contributed by atoms with Crippen LogP contribution < -0.4 is 10.6 Å². The highest BCUT2D eigenvalue weighted by Crippen LogP contribution is 2.24. The number of aromatic nitrogens is 1. The van der Waals surface area contributed by atoms with Crippen LogP contribution >= 0.6 is 12.4 Å². The molecule has 0 radical (unpaired) electrons. The van der Waals surface area contributed by atoms with Gasteiger partial charge in [0.15, 0.2) is 5.78 Å². The van der Waals surface area contributed by atoms with E-state index in [-0.39, 0.29) is 24.7 Å². The fourth-order valence-corrected chi connectivity index (χ4v) is 3.04. The molecule has 8 heteroatoms. The fourth-order valence-electron chi connectivity index (χ4n) is 3.04.